The zero-order chi connectivity index (χ0) is 76.8. The molecule has 588 valence electrons. The zero-order valence-corrected chi connectivity index (χ0v) is 65.3. The Kier molecular flexibility index (Phi) is 31.0. The van der Waals surface area contributed by atoms with Gasteiger partial charge in [-0.05, 0) is 139 Å². The summed E-state index contributed by atoms with van der Waals surface area (Å²) in [5.41, 5.74) is -1.58. The lowest BCUT2D eigenvalue weighted by atomic mass is 9.78. The third-order valence-electron chi connectivity index (χ3n) is 24.6. The predicted octanol–water partition coefficient (Wildman–Crippen LogP) is 7.65. The molecule has 4 aliphatic carbocycles. The Morgan fingerprint density at radius 1 is 0.587 bits per heavy atom. The van der Waals surface area contributed by atoms with E-state index in [1.165, 1.54) is 95.5 Å². The first-order valence-electron chi connectivity index (χ1n) is 39.2. The molecule has 7 rings (SSSR count). The van der Waals surface area contributed by atoms with Gasteiger partial charge in [0, 0.05) is 74.3 Å². The van der Waals surface area contributed by atoms with E-state index >= 15 is 38.4 Å². The minimum absolute atomic E-state index is 0.00699. The molecular weight excluding hydrogens is 1370 g/mol. The lowest BCUT2D eigenvalue weighted by molar-refractivity contribution is -0.182. The average molecular weight is 1490 g/mol. The van der Waals surface area contributed by atoms with Gasteiger partial charge in [0.1, 0.15) is 59.9 Å². The van der Waals surface area contributed by atoms with Crippen LogP contribution in [0, 0.1) is 35.5 Å². The van der Waals surface area contributed by atoms with Crippen LogP contribution >= 0.6 is 11.6 Å². The fourth-order valence-electron chi connectivity index (χ4n) is 17.4. The molecule has 0 aromatic heterocycles. The minimum atomic E-state index is -4.51. The molecule has 3 saturated heterocycles. The summed E-state index contributed by atoms with van der Waals surface area (Å²) in [6, 6.07) is -10.9. The van der Waals surface area contributed by atoms with Gasteiger partial charge in [-0.3, -0.25) is 57.5 Å². The Hall–Kier alpha value is -6.28. The number of likely N-dealkylation sites (tertiary alicyclic amines) is 1. The summed E-state index contributed by atoms with van der Waals surface area (Å²) in [5, 5.41) is 7.69. The maximum atomic E-state index is 15.9. The Balaban J connectivity index is 1.30. The summed E-state index contributed by atoms with van der Waals surface area (Å²) in [5.74, 6) is -10.5. The number of carbonyl (C=O) groups is 12. The van der Waals surface area contributed by atoms with Gasteiger partial charge in [0.25, 0.3) is 0 Å². The minimum Gasteiger partial charge on any atom is -0.343 e. The predicted molar refractivity (Wildman–Crippen MR) is 388 cm³/mol. The highest BCUT2D eigenvalue weighted by molar-refractivity contribution is 6.21. The first kappa shape index (κ1) is 85.0. The molecule has 12 amide bonds. The van der Waals surface area contributed by atoms with Crippen LogP contribution in [-0.2, 0) is 57.5 Å². The van der Waals surface area contributed by atoms with Crippen molar-refractivity contribution in [3.8, 4) is 0 Å². The van der Waals surface area contributed by atoms with Crippen LogP contribution in [0.4, 0.5) is 13.2 Å². The average Bonchev–Trinajstić information content (AvgIpc) is 1.55. The number of piperidine rings is 1. The molecule has 3 aliphatic heterocycles. The number of amides is 12. The third kappa shape index (κ3) is 20.7. The second kappa shape index (κ2) is 38.0. The van der Waals surface area contributed by atoms with Gasteiger partial charge in [-0.2, -0.15) is 13.2 Å². The maximum Gasteiger partial charge on any atom is 0.393 e. The SMILES string of the molecule is CCC[C@H]1C(=O)NC2(CCCC2)C(=O)N(C)[C@@H](C2CCCCC2)C(=O)N(C)[C@H](C(=O)N2CCCCC2)CC(=O)N(C)[C@@H](CC(C)C)C(=O)N[C@@H]([C@@H](C)CC)C(=O)N(C)[C@@H](C)C(=O)N2CC[C@H]2C(=O)N(C)[C@@H](CC2CCCCC2)C(=O)N(C)CC(=O)N[C@@H](CCC2CCC(C(F)(F)F)C(Cl)C2)C(=O)N1C. The molecule has 28 heteroatoms. The van der Waals surface area contributed by atoms with E-state index < -0.39 is 173 Å². The number of nitrogens with zero attached hydrogens (tertiary/aromatic N) is 9. The highest BCUT2D eigenvalue weighted by atomic mass is 35.5. The van der Waals surface area contributed by atoms with Crippen molar-refractivity contribution in [1.82, 2.24) is 60.0 Å². The molecule has 3 heterocycles. The van der Waals surface area contributed by atoms with Crippen molar-refractivity contribution in [1.29, 1.82) is 0 Å². The van der Waals surface area contributed by atoms with Crippen molar-refractivity contribution in [3.05, 3.63) is 0 Å². The molecule has 0 bridgehead atoms. The number of likely N-dealkylation sites (N-methyl/N-ethyl adjacent to an activating group) is 7. The van der Waals surface area contributed by atoms with Crippen molar-refractivity contribution in [3.63, 3.8) is 0 Å². The molecule has 24 nitrogen and oxygen atoms in total. The summed E-state index contributed by atoms with van der Waals surface area (Å²) in [6.45, 7) is 11.1. The standard InChI is InChI=1S/C76H124ClF3N12O12/c1-14-27-56-66(96)83-75(37-23-24-38-75)74(104)90(13)64(52-30-21-17-22-31-52)73(103)89(12)60(71(101)91-39-25-18-26-40-91)45-62(94)86(9)58(42-47(3)4)65(95)82-63(48(5)15-2)72(102)85(8)49(6)67(97)92-41-36-57(92)70(100)88(11)59(44-50-28-19-16-20-29-50)69(99)84(7)46-61(93)81-55(68(98)87(56)10)35-33-51-32-34-53(54(77)43-51)76(78,79)80/h47-60,63-64H,14-46H2,1-13H3,(H,81,93)(H,82,95)(H,83,96)/t48-,49-,51?,53?,54?,55-,56-,57-,58-,59-,60-,63-,64-/m0/s1. The maximum absolute atomic E-state index is 15.9. The van der Waals surface area contributed by atoms with Gasteiger partial charge in [0.2, 0.25) is 70.9 Å². The molecule has 104 heavy (non-hydrogen) atoms. The largest absolute Gasteiger partial charge is 0.393 e. The highest BCUT2D eigenvalue weighted by Crippen LogP contribution is 2.44. The van der Waals surface area contributed by atoms with Gasteiger partial charge in [-0.1, -0.05) is 112 Å². The van der Waals surface area contributed by atoms with E-state index in [2.05, 4.69) is 16.0 Å². The van der Waals surface area contributed by atoms with Gasteiger partial charge in [0.15, 0.2) is 0 Å². The van der Waals surface area contributed by atoms with Crippen LogP contribution < -0.4 is 16.0 Å². The molecule has 0 aromatic carbocycles. The van der Waals surface area contributed by atoms with E-state index in [1.54, 1.807) is 11.8 Å². The lowest BCUT2D eigenvalue weighted by Gasteiger charge is -2.45. The molecule has 0 radical (unpaired) electrons. The van der Waals surface area contributed by atoms with Crippen molar-refractivity contribution in [2.45, 2.75) is 299 Å². The number of carbonyl (C=O) groups excluding carboxylic acids is 12. The number of rotatable bonds is 13. The lowest BCUT2D eigenvalue weighted by Crippen LogP contribution is -2.65. The molecule has 1 spiro atoms. The van der Waals surface area contributed by atoms with E-state index in [1.807, 2.05) is 27.7 Å². The number of hydrogen-bond donors (Lipinski definition) is 3. The molecule has 4 saturated carbocycles. The first-order chi connectivity index (χ1) is 49.1. The number of hydrogen-bond acceptors (Lipinski definition) is 12. The molecule has 13 atom stereocenters. The van der Waals surface area contributed by atoms with E-state index in [0.29, 0.717) is 64.5 Å². The number of fused-ring (bicyclic) bond motifs is 1. The quantitative estimate of drug-likeness (QED) is 0.150. The zero-order valence-electron chi connectivity index (χ0n) is 64.5. The molecule has 0 aromatic rings. The number of nitrogens with one attached hydrogen (secondary N) is 3. The first-order valence-corrected chi connectivity index (χ1v) is 39.6. The molecule has 3 unspecified atom stereocenters. The fraction of sp³-hybridized carbons (Fsp3) is 0.842. The Bertz CT molecular complexity index is 3010. The monoisotopic (exact) mass is 1490 g/mol. The fourth-order valence-corrected chi connectivity index (χ4v) is 17.9. The summed E-state index contributed by atoms with van der Waals surface area (Å²) in [6.07, 6.45) is 7.99. The second-order valence-electron chi connectivity index (χ2n) is 32.3. The van der Waals surface area contributed by atoms with Crippen LogP contribution in [-0.4, -0.2) is 262 Å². The van der Waals surface area contributed by atoms with E-state index in [0.717, 1.165) is 57.8 Å². The molecular formula is C76H124ClF3N12O12. The summed E-state index contributed by atoms with van der Waals surface area (Å²) < 4.78 is 42.2. The van der Waals surface area contributed by atoms with Crippen molar-refractivity contribution < 1.29 is 70.7 Å². The third-order valence-corrected chi connectivity index (χ3v) is 25.1. The highest BCUT2D eigenvalue weighted by Gasteiger charge is 2.53. The van der Waals surface area contributed by atoms with Crippen LogP contribution in [0.2, 0.25) is 0 Å². The smallest absolute Gasteiger partial charge is 0.343 e. The summed E-state index contributed by atoms with van der Waals surface area (Å²) in [7, 11) is 10.2. The summed E-state index contributed by atoms with van der Waals surface area (Å²) in [4.78, 5) is 194. The van der Waals surface area contributed by atoms with Gasteiger partial charge in [-0.25, -0.2) is 0 Å². The Morgan fingerprint density at radius 3 is 1.76 bits per heavy atom. The van der Waals surface area contributed by atoms with Crippen LogP contribution in [0.15, 0.2) is 0 Å². The second-order valence-corrected chi connectivity index (χ2v) is 32.8. The van der Waals surface area contributed by atoms with Crippen LogP contribution in [0.3, 0.4) is 0 Å². The van der Waals surface area contributed by atoms with Crippen molar-refractivity contribution >= 4 is 82.5 Å². The van der Waals surface area contributed by atoms with Crippen molar-refractivity contribution in [2.75, 3.05) is 75.5 Å². The van der Waals surface area contributed by atoms with Gasteiger partial charge in [-0.15, -0.1) is 11.6 Å². The number of alkyl halides is 4. The van der Waals surface area contributed by atoms with E-state index in [-0.39, 0.29) is 94.9 Å². The van der Waals surface area contributed by atoms with Gasteiger partial charge in [0.05, 0.1) is 18.9 Å². The summed E-state index contributed by atoms with van der Waals surface area (Å²) >= 11 is 6.43. The van der Waals surface area contributed by atoms with E-state index in [4.69, 9.17) is 11.6 Å². The Labute approximate surface area is 620 Å². The van der Waals surface area contributed by atoms with Crippen LogP contribution in [0.1, 0.15) is 228 Å². The van der Waals surface area contributed by atoms with Crippen LogP contribution in [0.25, 0.3) is 0 Å². The Morgan fingerprint density at radius 2 is 1.19 bits per heavy atom. The normalized spacial score (nSPS) is 30.8. The molecule has 7 aliphatic rings. The topological polar surface area (TPSA) is 270 Å². The van der Waals surface area contributed by atoms with Crippen LogP contribution in [0.5, 0.6) is 0 Å². The van der Waals surface area contributed by atoms with Crippen molar-refractivity contribution in [2.24, 2.45) is 35.5 Å². The van der Waals surface area contributed by atoms with E-state index in [9.17, 15) is 32.3 Å². The molecule has 3 N–H and O–H groups in total. The van der Waals surface area contributed by atoms with Gasteiger partial charge >= 0.3 is 6.18 Å². The van der Waals surface area contributed by atoms with Gasteiger partial charge < -0.3 is 60.0 Å². The molecule has 7 fully saturated rings. The number of halogens is 4.